The van der Waals surface area contributed by atoms with E-state index in [0.717, 1.165) is 0 Å². The number of anilines is 1. The molecule has 0 spiro atoms. The van der Waals surface area contributed by atoms with E-state index >= 15 is 0 Å². The molecule has 1 aromatic heterocycles. The van der Waals surface area contributed by atoms with Crippen LogP contribution in [0.1, 0.15) is 23.7 Å². The lowest BCUT2D eigenvalue weighted by Crippen LogP contribution is -2.34. The minimum Gasteiger partial charge on any atom is -0.465 e. The van der Waals surface area contributed by atoms with Crippen LogP contribution in [0, 0.1) is 0 Å². The molecule has 1 rings (SSSR count). The second-order valence-electron chi connectivity index (χ2n) is 4.16. The van der Waals surface area contributed by atoms with Crippen LogP contribution in [0.4, 0.5) is 5.82 Å². The topological polar surface area (TPSA) is 97.5 Å². The number of aromatic nitrogens is 1. The number of halogens is 1. The predicted molar refractivity (Wildman–Crippen MR) is 76.0 cm³/mol. The summed E-state index contributed by atoms with van der Waals surface area (Å²) in [6.45, 7) is 2.15. The molecule has 0 radical (unpaired) electrons. The van der Waals surface area contributed by atoms with Gasteiger partial charge in [-0.2, -0.15) is 0 Å². The van der Waals surface area contributed by atoms with Gasteiger partial charge >= 0.3 is 5.97 Å². The third-order valence-electron chi connectivity index (χ3n) is 2.65. The molecule has 19 heavy (non-hydrogen) atoms. The summed E-state index contributed by atoms with van der Waals surface area (Å²) in [5.74, 6) is -0.0241. The van der Waals surface area contributed by atoms with Crippen LogP contribution in [-0.2, 0) is 4.74 Å². The fourth-order valence-corrected chi connectivity index (χ4v) is 1.78. The summed E-state index contributed by atoms with van der Waals surface area (Å²) < 4.78 is 5.39. The molecule has 1 heterocycles. The number of carbonyl (C=O) groups is 1. The number of nitrogens with two attached hydrogens (primary N) is 1. The molecule has 4 N–H and O–H groups in total. The Labute approximate surface area is 120 Å². The van der Waals surface area contributed by atoms with Crippen molar-refractivity contribution in [3.05, 3.63) is 22.3 Å². The Bertz CT molecular complexity index is 440. The molecule has 0 aliphatic heterocycles. The van der Waals surface area contributed by atoms with Crippen molar-refractivity contribution in [1.82, 2.24) is 4.98 Å². The highest BCUT2D eigenvalue weighted by atomic mass is 79.9. The first-order valence-corrected chi connectivity index (χ1v) is 6.66. The second-order valence-corrected chi connectivity index (χ2v) is 5.08. The summed E-state index contributed by atoms with van der Waals surface area (Å²) in [7, 11) is 1.32. The highest BCUT2D eigenvalue weighted by molar-refractivity contribution is 9.10. The van der Waals surface area contributed by atoms with Crippen molar-refractivity contribution in [2.75, 3.05) is 19.0 Å². The minimum absolute atomic E-state index is 0.315. The van der Waals surface area contributed by atoms with Crippen LogP contribution in [0.5, 0.6) is 0 Å². The molecule has 0 aliphatic rings. The Kier molecular flexibility index (Phi) is 6.20. The lowest BCUT2D eigenvalue weighted by atomic mass is 10.1. The maximum absolute atomic E-state index is 11.6. The summed E-state index contributed by atoms with van der Waals surface area (Å²) >= 11 is 3.25. The van der Waals surface area contributed by atoms with Crippen LogP contribution in [0.2, 0.25) is 0 Å². The lowest BCUT2D eigenvalue weighted by Gasteiger charge is -2.15. The third-order valence-corrected chi connectivity index (χ3v) is 3.08. The van der Waals surface area contributed by atoms with E-state index in [1.54, 1.807) is 19.2 Å². The number of hydrogen-bond donors (Lipinski definition) is 3. The van der Waals surface area contributed by atoms with E-state index in [4.69, 9.17) is 10.5 Å². The fourth-order valence-electron chi connectivity index (χ4n) is 1.44. The van der Waals surface area contributed by atoms with Gasteiger partial charge in [0.15, 0.2) is 0 Å². The Morgan fingerprint density at radius 1 is 1.68 bits per heavy atom. The molecule has 106 valence electrons. The van der Waals surface area contributed by atoms with Crippen molar-refractivity contribution in [2.45, 2.75) is 25.5 Å². The van der Waals surface area contributed by atoms with Gasteiger partial charge in [-0.25, -0.2) is 9.78 Å². The maximum atomic E-state index is 11.6. The number of carbonyl (C=O) groups excluding carboxylic acids is 1. The van der Waals surface area contributed by atoms with E-state index in [9.17, 15) is 9.90 Å². The molecule has 0 fully saturated rings. The van der Waals surface area contributed by atoms with Gasteiger partial charge in [0.05, 0.1) is 13.2 Å². The quantitative estimate of drug-likeness (QED) is 0.676. The summed E-state index contributed by atoms with van der Waals surface area (Å²) in [6.07, 6.45) is 1.58. The van der Waals surface area contributed by atoms with Gasteiger partial charge in [-0.05, 0) is 35.3 Å². The van der Waals surface area contributed by atoms with Crippen molar-refractivity contribution in [2.24, 2.45) is 5.73 Å². The smallest absolute Gasteiger partial charge is 0.341 e. The highest BCUT2D eigenvalue weighted by Gasteiger charge is 2.14. The van der Waals surface area contributed by atoms with Crippen LogP contribution in [-0.4, -0.2) is 41.9 Å². The zero-order valence-corrected chi connectivity index (χ0v) is 12.5. The SMILES string of the molecule is COC(=O)c1cc(Br)cnc1NCCC(N)C(C)O. The Balaban J connectivity index is 2.70. The number of esters is 1. The van der Waals surface area contributed by atoms with Gasteiger partial charge in [-0.1, -0.05) is 0 Å². The lowest BCUT2D eigenvalue weighted by molar-refractivity contribution is 0.0601. The van der Waals surface area contributed by atoms with Gasteiger partial charge in [0.2, 0.25) is 0 Å². The van der Waals surface area contributed by atoms with Gasteiger partial charge in [0.25, 0.3) is 0 Å². The zero-order valence-electron chi connectivity index (χ0n) is 10.9. The highest BCUT2D eigenvalue weighted by Crippen LogP contribution is 2.19. The van der Waals surface area contributed by atoms with Gasteiger partial charge in [0.1, 0.15) is 11.4 Å². The zero-order chi connectivity index (χ0) is 14.4. The molecule has 0 aromatic carbocycles. The first kappa shape index (κ1) is 15.9. The number of methoxy groups -OCH3 is 1. The minimum atomic E-state index is -0.570. The van der Waals surface area contributed by atoms with Crippen LogP contribution in [0.3, 0.4) is 0 Å². The van der Waals surface area contributed by atoms with E-state index in [1.165, 1.54) is 7.11 Å². The van der Waals surface area contributed by atoms with Crippen LogP contribution >= 0.6 is 15.9 Å². The molecular weight excluding hydrogens is 314 g/mol. The number of hydrogen-bond acceptors (Lipinski definition) is 6. The second kappa shape index (κ2) is 7.42. The monoisotopic (exact) mass is 331 g/mol. The molecule has 0 aliphatic carbocycles. The van der Waals surface area contributed by atoms with Gasteiger partial charge < -0.3 is 20.9 Å². The van der Waals surface area contributed by atoms with Crippen molar-refractivity contribution >= 4 is 27.7 Å². The Hall–Kier alpha value is -1.18. The number of rotatable bonds is 6. The number of aliphatic hydroxyl groups excluding tert-OH is 1. The average molecular weight is 332 g/mol. The number of nitrogens with zero attached hydrogens (tertiary/aromatic N) is 1. The van der Waals surface area contributed by atoms with E-state index in [2.05, 4.69) is 26.2 Å². The maximum Gasteiger partial charge on any atom is 0.341 e. The predicted octanol–water partition coefficient (Wildman–Crippen LogP) is 1.14. The third kappa shape index (κ3) is 4.77. The van der Waals surface area contributed by atoms with Crippen LogP contribution < -0.4 is 11.1 Å². The molecule has 2 unspecified atom stereocenters. The normalized spacial score (nSPS) is 13.7. The van der Waals surface area contributed by atoms with E-state index in [0.29, 0.717) is 28.8 Å². The molecule has 0 amide bonds. The van der Waals surface area contributed by atoms with E-state index in [-0.39, 0.29) is 6.04 Å². The Morgan fingerprint density at radius 2 is 2.37 bits per heavy atom. The number of pyridine rings is 1. The van der Waals surface area contributed by atoms with E-state index in [1.807, 2.05) is 0 Å². The van der Waals surface area contributed by atoms with Gasteiger partial charge in [0, 0.05) is 23.3 Å². The molecule has 0 saturated carbocycles. The van der Waals surface area contributed by atoms with Gasteiger partial charge in [-0.15, -0.1) is 0 Å². The number of aliphatic hydroxyl groups is 1. The van der Waals surface area contributed by atoms with Crippen molar-refractivity contribution in [3.63, 3.8) is 0 Å². The van der Waals surface area contributed by atoms with Crippen LogP contribution in [0.25, 0.3) is 0 Å². The van der Waals surface area contributed by atoms with Crippen molar-refractivity contribution < 1.29 is 14.6 Å². The first-order chi connectivity index (χ1) is 8.95. The molecule has 0 bridgehead atoms. The summed E-state index contributed by atoms with van der Waals surface area (Å²) in [4.78, 5) is 15.7. The van der Waals surface area contributed by atoms with E-state index < -0.39 is 12.1 Å². The van der Waals surface area contributed by atoms with Crippen molar-refractivity contribution in [3.8, 4) is 0 Å². The molecule has 1 aromatic rings. The first-order valence-electron chi connectivity index (χ1n) is 5.87. The molecular formula is C12H18BrN3O3. The number of nitrogens with one attached hydrogen (secondary N) is 1. The summed E-state index contributed by atoms with van der Waals surface area (Å²) in [5.41, 5.74) is 6.07. The molecule has 6 nitrogen and oxygen atoms in total. The number of ether oxygens (including phenoxy) is 1. The molecule has 7 heteroatoms. The largest absolute Gasteiger partial charge is 0.465 e. The summed E-state index contributed by atoms with van der Waals surface area (Å²) in [5, 5.41) is 12.3. The molecule has 2 atom stereocenters. The summed E-state index contributed by atoms with van der Waals surface area (Å²) in [6, 6.07) is 1.32. The fraction of sp³-hybridized carbons (Fsp3) is 0.500. The van der Waals surface area contributed by atoms with Gasteiger partial charge in [-0.3, -0.25) is 0 Å². The van der Waals surface area contributed by atoms with Crippen LogP contribution in [0.15, 0.2) is 16.7 Å². The average Bonchev–Trinajstić information content (AvgIpc) is 2.39. The van der Waals surface area contributed by atoms with Crippen molar-refractivity contribution in [1.29, 1.82) is 0 Å². The Morgan fingerprint density at radius 3 is 2.95 bits per heavy atom. The molecule has 0 saturated heterocycles. The standard InChI is InChI=1S/C12H18BrN3O3/c1-7(17)10(14)3-4-15-11-9(12(18)19-2)5-8(13)6-16-11/h5-7,10,17H,3-4,14H2,1-2H3,(H,15,16).